The predicted octanol–water partition coefficient (Wildman–Crippen LogP) is 3.72. The number of halogens is 3. The molecule has 5 nitrogen and oxygen atoms in total. The Kier molecular flexibility index (Phi) is 5.96. The van der Waals surface area contributed by atoms with Crippen molar-refractivity contribution in [1.82, 2.24) is 14.9 Å². The number of hydrogen-bond acceptors (Lipinski definition) is 5. The third-order valence-corrected chi connectivity index (χ3v) is 4.32. The van der Waals surface area contributed by atoms with E-state index in [9.17, 15) is 13.2 Å². The molecule has 0 bridgehead atoms. The van der Waals surface area contributed by atoms with Crippen LogP contribution in [0, 0.1) is 0 Å². The highest BCUT2D eigenvalue weighted by Crippen LogP contribution is 2.27. The molecule has 3 rings (SSSR count). The fraction of sp³-hybridized carbons (Fsp3) is 0.474. The Bertz CT molecular complexity index is 741. The first-order valence-corrected chi connectivity index (χ1v) is 8.89. The van der Waals surface area contributed by atoms with Crippen LogP contribution in [0.1, 0.15) is 30.7 Å². The Morgan fingerprint density at radius 1 is 1.07 bits per heavy atom. The molecule has 0 amide bonds. The third kappa shape index (κ3) is 5.64. The van der Waals surface area contributed by atoms with Gasteiger partial charge in [-0.05, 0) is 31.0 Å². The second-order valence-electron chi connectivity index (χ2n) is 6.88. The molecule has 1 aromatic carbocycles. The average Bonchev–Trinajstić information content (AvgIpc) is 2.60. The summed E-state index contributed by atoms with van der Waals surface area (Å²) in [5.41, 5.74) is 1.18. The van der Waals surface area contributed by atoms with E-state index in [1.807, 2.05) is 24.3 Å². The van der Waals surface area contributed by atoms with Crippen molar-refractivity contribution in [2.24, 2.45) is 0 Å². The van der Waals surface area contributed by atoms with Gasteiger partial charge in [0.25, 0.3) is 0 Å². The van der Waals surface area contributed by atoms with Crippen LogP contribution in [0.25, 0.3) is 0 Å². The monoisotopic (exact) mass is 380 g/mol. The van der Waals surface area contributed by atoms with Crippen molar-refractivity contribution in [3.05, 3.63) is 53.3 Å². The van der Waals surface area contributed by atoms with Crippen LogP contribution < -0.4 is 5.32 Å². The molecular weight excluding hydrogens is 357 g/mol. The second kappa shape index (κ2) is 8.22. The molecule has 0 saturated carbocycles. The number of nitrogens with zero attached hydrogens (tertiary/aromatic N) is 3. The van der Waals surface area contributed by atoms with Crippen molar-refractivity contribution in [1.29, 1.82) is 0 Å². The molecule has 2 atom stereocenters. The minimum absolute atomic E-state index is 0.0369. The van der Waals surface area contributed by atoms with Gasteiger partial charge in [-0.15, -0.1) is 0 Å². The Morgan fingerprint density at radius 3 is 2.33 bits per heavy atom. The molecule has 8 heteroatoms. The molecule has 2 aromatic rings. The van der Waals surface area contributed by atoms with Crippen molar-refractivity contribution in [2.75, 3.05) is 18.4 Å². The number of aromatic nitrogens is 2. The van der Waals surface area contributed by atoms with Gasteiger partial charge in [-0.3, -0.25) is 4.90 Å². The molecule has 0 aliphatic carbocycles. The molecule has 146 valence electrons. The maximum absolute atomic E-state index is 12.7. The van der Waals surface area contributed by atoms with E-state index < -0.39 is 11.9 Å². The number of benzene rings is 1. The van der Waals surface area contributed by atoms with E-state index >= 15 is 0 Å². The summed E-state index contributed by atoms with van der Waals surface area (Å²) in [6, 6.07) is 8.85. The Hall–Kier alpha value is -2.19. The Balaban J connectivity index is 1.55. The molecule has 1 N–H and O–H groups in total. The molecule has 1 aromatic heterocycles. The fourth-order valence-corrected chi connectivity index (χ4v) is 3.22. The quantitative estimate of drug-likeness (QED) is 0.857. The van der Waals surface area contributed by atoms with E-state index in [2.05, 4.69) is 34.0 Å². The molecule has 1 aliphatic rings. The van der Waals surface area contributed by atoms with Gasteiger partial charge in [0.2, 0.25) is 5.95 Å². The van der Waals surface area contributed by atoms with Crippen LogP contribution in [0.15, 0.2) is 36.5 Å². The van der Waals surface area contributed by atoms with Crippen LogP contribution in [0.5, 0.6) is 0 Å². The normalized spacial score (nSPS) is 21.2. The van der Waals surface area contributed by atoms with Crippen LogP contribution in [0.2, 0.25) is 0 Å². The molecule has 1 aliphatic heterocycles. The van der Waals surface area contributed by atoms with Crippen LogP contribution in [-0.4, -0.2) is 40.2 Å². The van der Waals surface area contributed by atoms with Crippen molar-refractivity contribution in [2.45, 2.75) is 45.3 Å². The minimum Gasteiger partial charge on any atom is -0.373 e. The molecule has 1 fully saturated rings. The summed E-state index contributed by atoms with van der Waals surface area (Å²) in [5, 5.41) is 2.84. The van der Waals surface area contributed by atoms with Crippen LogP contribution in [0.4, 0.5) is 19.1 Å². The summed E-state index contributed by atoms with van der Waals surface area (Å²) in [6.45, 7) is 7.16. The van der Waals surface area contributed by atoms with Gasteiger partial charge in [-0.25, -0.2) is 9.97 Å². The van der Waals surface area contributed by atoms with E-state index in [0.717, 1.165) is 37.5 Å². The number of alkyl halides is 3. The molecule has 0 spiro atoms. The molecular formula is C19H23F3N4O. The lowest BCUT2D eigenvalue weighted by atomic mass is 10.1. The zero-order valence-corrected chi connectivity index (χ0v) is 15.3. The second-order valence-corrected chi connectivity index (χ2v) is 6.88. The van der Waals surface area contributed by atoms with Gasteiger partial charge in [0.1, 0.15) is 5.69 Å². The minimum atomic E-state index is -4.48. The summed E-state index contributed by atoms with van der Waals surface area (Å²) >= 11 is 0. The Morgan fingerprint density at radius 2 is 1.70 bits per heavy atom. The maximum atomic E-state index is 12.7. The lowest BCUT2D eigenvalue weighted by Crippen LogP contribution is -2.44. The maximum Gasteiger partial charge on any atom is 0.433 e. The van der Waals surface area contributed by atoms with Gasteiger partial charge in [0, 0.05) is 32.4 Å². The number of hydrogen-bond donors (Lipinski definition) is 1. The first-order chi connectivity index (χ1) is 12.8. The van der Waals surface area contributed by atoms with Crippen molar-refractivity contribution < 1.29 is 17.9 Å². The predicted molar refractivity (Wildman–Crippen MR) is 96.1 cm³/mol. The molecule has 0 radical (unpaired) electrons. The standard InChI is InChI=1S/C19H23F3N4O/c1-13-10-26(11-14(2)27-13)12-16-5-3-15(4-6-16)9-24-18-23-8-7-17(25-18)19(20,21)22/h3-8,13-14H,9-12H2,1-2H3,(H,23,24,25). The number of ether oxygens (including phenoxy) is 1. The summed E-state index contributed by atoms with van der Waals surface area (Å²) < 4.78 is 43.8. The van der Waals surface area contributed by atoms with Gasteiger partial charge in [-0.2, -0.15) is 13.2 Å². The van der Waals surface area contributed by atoms with Gasteiger partial charge < -0.3 is 10.1 Å². The largest absolute Gasteiger partial charge is 0.433 e. The summed E-state index contributed by atoms with van der Waals surface area (Å²) in [5.74, 6) is -0.0369. The van der Waals surface area contributed by atoms with E-state index in [-0.39, 0.29) is 18.2 Å². The fourth-order valence-electron chi connectivity index (χ4n) is 3.22. The van der Waals surface area contributed by atoms with E-state index in [1.54, 1.807) is 0 Å². The SMILES string of the molecule is CC1CN(Cc2ccc(CNc3nccc(C(F)(F)F)n3)cc2)CC(C)O1. The van der Waals surface area contributed by atoms with E-state index in [0.29, 0.717) is 6.54 Å². The number of nitrogens with one attached hydrogen (secondary N) is 1. The summed E-state index contributed by atoms with van der Waals surface area (Å²) in [6.07, 6.45) is -2.92. The zero-order valence-electron chi connectivity index (χ0n) is 15.3. The number of anilines is 1. The number of rotatable bonds is 5. The molecule has 2 heterocycles. The van der Waals surface area contributed by atoms with Crippen LogP contribution >= 0.6 is 0 Å². The van der Waals surface area contributed by atoms with Gasteiger partial charge in [0.15, 0.2) is 0 Å². The first kappa shape index (κ1) is 19.6. The Labute approximate surface area is 156 Å². The highest BCUT2D eigenvalue weighted by Gasteiger charge is 2.32. The van der Waals surface area contributed by atoms with E-state index in [1.165, 1.54) is 5.56 Å². The van der Waals surface area contributed by atoms with Crippen molar-refractivity contribution in [3.63, 3.8) is 0 Å². The highest BCUT2D eigenvalue weighted by molar-refractivity contribution is 5.30. The summed E-state index contributed by atoms with van der Waals surface area (Å²) in [4.78, 5) is 9.70. The van der Waals surface area contributed by atoms with E-state index in [4.69, 9.17) is 4.74 Å². The van der Waals surface area contributed by atoms with Gasteiger partial charge in [-0.1, -0.05) is 24.3 Å². The topological polar surface area (TPSA) is 50.3 Å². The van der Waals surface area contributed by atoms with Crippen molar-refractivity contribution >= 4 is 5.95 Å². The third-order valence-electron chi connectivity index (χ3n) is 4.32. The molecule has 1 saturated heterocycles. The zero-order chi connectivity index (χ0) is 19.4. The lowest BCUT2D eigenvalue weighted by Gasteiger charge is -2.35. The lowest BCUT2D eigenvalue weighted by molar-refractivity contribution is -0.141. The van der Waals surface area contributed by atoms with Crippen molar-refractivity contribution in [3.8, 4) is 0 Å². The van der Waals surface area contributed by atoms with Crippen LogP contribution in [0.3, 0.4) is 0 Å². The van der Waals surface area contributed by atoms with Gasteiger partial charge >= 0.3 is 6.18 Å². The number of morpholine rings is 1. The summed E-state index contributed by atoms with van der Waals surface area (Å²) in [7, 11) is 0. The van der Waals surface area contributed by atoms with Gasteiger partial charge in [0.05, 0.1) is 12.2 Å². The average molecular weight is 380 g/mol. The highest BCUT2D eigenvalue weighted by atomic mass is 19.4. The smallest absolute Gasteiger partial charge is 0.373 e. The van der Waals surface area contributed by atoms with Crippen LogP contribution in [-0.2, 0) is 24.0 Å². The molecule has 2 unspecified atom stereocenters. The first-order valence-electron chi connectivity index (χ1n) is 8.89. The molecule has 27 heavy (non-hydrogen) atoms.